The molecule has 1 aromatic rings. The van der Waals surface area contributed by atoms with Crippen LogP contribution >= 0.6 is 0 Å². The molecule has 2 heterocycles. The highest BCUT2D eigenvalue weighted by Gasteiger charge is 2.27. The van der Waals surface area contributed by atoms with Gasteiger partial charge in [0.15, 0.2) is 6.10 Å². The first-order chi connectivity index (χ1) is 8.22. The summed E-state index contributed by atoms with van der Waals surface area (Å²) in [6, 6.07) is 3.46. The lowest BCUT2D eigenvalue weighted by atomic mass is 10.2. The number of nitrogens with zero attached hydrogens (tertiary/aromatic N) is 4. The van der Waals surface area contributed by atoms with Gasteiger partial charge in [-0.2, -0.15) is 10.4 Å². The van der Waals surface area contributed by atoms with Crippen molar-refractivity contribution in [3.05, 3.63) is 18.5 Å². The smallest absolute Gasteiger partial charge is 0.247 e. The molecule has 1 aliphatic heterocycles. The SMILES string of the molecule is CC(C(=O)N1CCOC(C#N)C1)n1cccn1. The van der Waals surface area contributed by atoms with Crippen molar-refractivity contribution in [3.8, 4) is 6.07 Å². The molecule has 1 amide bonds. The molecule has 0 aliphatic carbocycles. The van der Waals surface area contributed by atoms with E-state index < -0.39 is 6.10 Å². The summed E-state index contributed by atoms with van der Waals surface area (Å²) < 4.78 is 6.81. The quantitative estimate of drug-likeness (QED) is 0.732. The highest BCUT2D eigenvalue weighted by molar-refractivity contribution is 5.80. The zero-order valence-corrected chi connectivity index (χ0v) is 9.61. The highest BCUT2D eigenvalue weighted by atomic mass is 16.5. The van der Waals surface area contributed by atoms with E-state index in [1.54, 1.807) is 35.0 Å². The van der Waals surface area contributed by atoms with Crippen LogP contribution in [-0.2, 0) is 9.53 Å². The molecule has 2 atom stereocenters. The third-order valence-electron chi connectivity index (χ3n) is 2.80. The molecule has 0 N–H and O–H groups in total. The van der Waals surface area contributed by atoms with Crippen molar-refractivity contribution >= 4 is 5.91 Å². The van der Waals surface area contributed by atoms with Gasteiger partial charge in [-0.3, -0.25) is 9.48 Å². The van der Waals surface area contributed by atoms with Crippen LogP contribution in [0.4, 0.5) is 0 Å². The monoisotopic (exact) mass is 234 g/mol. The predicted molar refractivity (Wildman–Crippen MR) is 58.9 cm³/mol. The lowest BCUT2D eigenvalue weighted by Gasteiger charge is -2.31. The van der Waals surface area contributed by atoms with Crippen LogP contribution in [0.5, 0.6) is 0 Å². The molecule has 17 heavy (non-hydrogen) atoms. The molecule has 6 heteroatoms. The van der Waals surface area contributed by atoms with Gasteiger partial charge in [0.05, 0.1) is 19.2 Å². The molecule has 2 unspecified atom stereocenters. The summed E-state index contributed by atoms with van der Waals surface area (Å²) in [6.07, 6.45) is 2.88. The lowest BCUT2D eigenvalue weighted by molar-refractivity contribution is -0.140. The van der Waals surface area contributed by atoms with Gasteiger partial charge in [-0.05, 0) is 13.0 Å². The van der Waals surface area contributed by atoms with Crippen LogP contribution in [0.2, 0.25) is 0 Å². The zero-order valence-electron chi connectivity index (χ0n) is 9.61. The van der Waals surface area contributed by atoms with Gasteiger partial charge in [0.1, 0.15) is 6.04 Å². The fourth-order valence-corrected chi connectivity index (χ4v) is 1.81. The predicted octanol–water partition coefficient (Wildman–Crippen LogP) is 0.195. The van der Waals surface area contributed by atoms with E-state index in [0.29, 0.717) is 19.7 Å². The molecule has 6 nitrogen and oxygen atoms in total. The van der Waals surface area contributed by atoms with Crippen LogP contribution in [0.3, 0.4) is 0 Å². The molecular weight excluding hydrogens is 220 g/mol. The number of carbonyl (C=O) groups excluding carboxylic acids is 1. The fourth-order valence-electron chi connectivity index (χ4n) is 1.81. The van der Waals surface area contributed by atoms with E-state index in [1.165, 1.54) is 0 Å². The van der Waals surface area contributed by atoms with Crippen molar-refractivity contribution in [1.29, 1.82) is 5.26 Å². The van der Waals surface area contributed by atoms with Crippen molar-refractivity contribution in [2.75, 3.05) is 19.7 Å². The maximum atomic E-state index is 12.2. The zero-order chi connectivity index (χ0) is 12.3. The molecule has 1 aromatic heterocycles. The Morgan fingerprint density at radius 2 is 2.53 bits per heavy atom. The van der Waals surface area contributed by atoms with Crippen molar-refractivity contribution in [2.45, 2.75) is 19.1 Å². The number of morpholine rings is 1. The maximum Gasteiger partial charge on any atom is 0.247 e. The average molecular weight is 234 g/mol. The van der Waals surface area contributed by atoms with Gasteiger partial charge in [0.25, 0.3) is 0 Å². The summed E-state index contributed by atoms with van der Waals surface area (Å²) in [4.78, 5) is 13.8. The van der Waals surface area contributed by atoms with E-state index in [1.807, 2.05) is 6.07 Å². The van der Waals surface area contributed by atoms with Crippen LogP contribution in [0.15, 0.2) is 18.5 Å². The molecule has 1 fully saturated rings. The standard InChI is InChI=1S/C11H14N4O2/c1-9(15-4-2-3-13-15)11(16)14-5-6-17-10(7-12)8-14/h2-4,9-10H,5-6,8H2,1H3. The molecule has 90 valence electrons. The Bertz CT molecular complexity index is 423. The third-order valence-corrected chi connectivity index (χ3v) is 2.80. The van der Waals surface area contributed by atoms with E-state index in [0.717, 1.165) is 0 Å². The summed E-state index contributed by atoms with van der Waals surface area (Å²) in [5, 5.41) is 12.8. The van der Waals surface area contributed by atoms with E-state index in [-0.39, 0.29) is 11.9 Å². The second-order valence-electron chi connectivity index (χ2n) is 3.93. The van der Waals surface area contributed by atoms with Gasteiger partial charge < -0.3 is 9.64 Å². The Kier molecular flexibility index (Phi) is 3.40. The van der Waals surface area contributed by atoms with Gasteiger partial charge in [-0.25, -0.2) is 0 Å². The van der Waals surface area contributed by atoms with Crippen molar-refractivity contribution < 1.29 is 9.53 Å². The number of aromatic nitrogens is 2. The Balaban J connectivity index is 2.02. The van der Waals surface area contributed by atoms with Crippen LogP contribution in [0, 0.1) is 11.3 Å². The fraction of sp³-hybridized carbons (Fsp3) is 0.545. The minimum absolute atomic E-state index is 0.0303. The number of carbonyl (C=O) groups is 1. The average Bonchev–Trinajstić information content (AvgIpc) is 2.91. The maximum absolute atomic E-state index is 12.2. The van der Waals surface area contributed by atoms with E-state index in [4.69, 9.17) is 10.00 Å². The Hall–Kier alpha value is -1.87. The number of amides is 1. The molecule has 0 radical (unpaired) electrons. The van der Waals surface area contributed by atoms with Gasteiger partial charge >= 0.3 is 0 Å². The summed E-state index contributed by atoms with van der Waals surface area (Å²) in [7, 11) is 0. The lowest BCUT2D eigenvalue weighted by Crippen LogP contribution is -2.47. The first kappa shape index (κ1) is 11.6. The van der Waals surface area contributed by atoms with Crippen molar-refractivity contribution in [1.82, 2.24) is 14.7 Å². The molecule has 0 saturated carbocycles. The third kappa shape index (κ3) is 2.45. The van der Waals surface area contributed by atoms with Gasteiger partial charge in [0.2, 0.25) is 5.91 Å². The molecule has 2 rings (SSSR count). The Morgan fingerprint density at radius 3 is 3.18 bits per heavy atom. The van der Waals surface area contributed by atoms with Gasteiger partial charge in [0, 0.05) is 18.9 Å². The number of nitriles is 1. The Morgan fingerprint density at radius 1 is 1.71 bits per heavy atom. The largest absolute Gasteiger partial charge is 0.360 e. The summed E-state index contributed by atoms with van der Waals surface area (Å²) >= 11 is 0. The van der Waals surface area contributed by atoms with Crippen LogP contribution < -0.4 is 0 Å². The first-order valence-electron chi connectivity index (χ1n) is 5.51. The summed E-state index contributed by atoms with van der Waals surface area (Å²) in [6.45, 7) is 3.07. The first-order valence-corrected chi connectivity index (χ1v) is 5.51. The molecule has 1 saturated heterocycles. The molecule has 0 bridgehead atoms. The number of hydrogen-bond acceptors (Lipinski definition) is 4. The molecule has 0 spiro atoms. The molecular formula is C11H14N4O2. The highest BCUT2D eigenvalue weighted by Crippen LogP contribution is 2.12. The van der Waals surface area contributed by atoms with E-state index >= 15 is 0 Å². The van der Waals surface area contributed by atoms with E-state index in [2.05, 4.69) is 5.10 Å². The van der Waals surface area contributed by atoms with Crippen LogP contribution in [0.1, 0.15) is 13.0 Å². The van der Waals surface area contributed by atoms with Crippen molar-refractivity contribution in [3.63, 3.8) is 0 Å². The minimum atomic E-state index is -0.516. The summed E-state index contributed by atoms with van der Waals surface area (Å²) in [5.41, 5.74) is 0. The van der Waals surface area contributed by atoms with Gasteiger partial charge in [-0.1, -0.05) is 0 Å². The second kappa shape index (κ2) is 4.97. The van der Waals surface area contributed by atoms with Crippen LogP contribution in [-0.4, -0.2) is 46.4 Å². The molecule has 1 aliphatic rings. The minimum Gasteiger partial charge on any atom is -0.360 e. The van der Waals surface area contributed by atoms with Crippen LogP contribution in [0.25, 0.3) is 0 Å². The Labute approximate surface area is 99.4 Å². The molecule has 0 aromatic carbocycles. The summed E-state index contributed by atoms with van der Waals surface area (Å²) in [5.74, 6) is -0.0303. The normalized spacial score (nSPS) is 21.9. The number of rotatable bonds is 2. The number of ether oxygens (including phenoxy) is 1. The van der Waals surface area contributed by atoms with E-state index in [9.17, 15) is 4.79 Å². The number of hydrogen-bond donors (Lipinski definition) is 0. The van der Waals surface area contributed by atoms with Gasteiger partial charge in [-0.15, -0.1) is 0 Å². The van der Waals surface area contributed by atoms with Crippen molar-refractivity contribution in [2.24, 2.45) is 0 Å². The second-order valence-corrected chi connectivity index (χ2v) is 3.93. The topological polar surface area (TPSA) is 71.2 Å².